The van der Waals surface area contributed by atoms with Crippen LogP contribution in [0.4, 0.5) is 4.79 Å². The second-order valence-corrected chi connectivity index (χ2v) is 10.8. The van der Waals surface area contributed by atoms with Crippen molar-refractivity contribution in [3.63, 3.8) is 0 Å². The average Bonchev–Trinajstić information content (AvgIpc) is 3.00. The Labute approximate surface area is 145 Å². The third-order valence-corrected chi connectivity index (χ3v) is 9.49. The Morgan fingerprint density at radius 3 is 2.67 bits per heavy atom. The summed E-state index contributed by atoms with van der Waals surface area (Å²) < 4.78 is 56.6. The van der Waals surface area contributed by atoms with E-state index in [9.17, 15) is 21.6 Å². The Bertz CT molecular complexity index is 872. The van der Waals surface area contributed by atoms with E-state index in [4.69, 9.17) is 4.74 Å². The summed E-state index contributed by atoms with van der Waals surface area (Å²) in [6.07, 6.45) is -0.437. The summed E-state index contributed by atoms with van der Waals surface area (Å²) in [5, 5.41) is -0.750. The topological polar surface area (TPSA) is 110 Å². The van der Waals surface area contributed by atoms with E-state index in [-0.39, 0.29) is 20.4 Å². The maximum atomic E-state index is 12.6. The van der Waals surface area contributed by atoms with Crippen molar-refractivity contribution in [3.05, 3.63) is 11.6 Å². The molecule has 1 aliphatic rings. The summed E-state index contributed by atoms with van der Waals surface area (Å²) in [7, 11) is -6.43. The fourth-order valence-electron chi connectivity index (χ4n) is 2.65. The molecule has 2 heterocycles. The third-order valence-electron chi connectivity index (χ3n) is 3.95. The van der Waals surface area contributed by atoms with Gasteiger partial charge in [-0.3, -0.25) is 0 Å². The maximum Gasteiger partial charge on any atom is 0.409 e. The monoisotopic (exact) mass is 394 g/mol. The zero-order chi connectivity index (χ0) is 18.3. The second kappa shape index (κ2) is 6.45. The zero-order valence-corrected chi connectivity index (χ0v) is 15.9. The van der Waals surface area contributed by atoms with Crippen LogP contribution in [0, 0.1) is 0 Å². The summed E-state index contributed by atoms with van der Waals surface area (Å²) in [5.41, 5.74) is 0.285. The fourth-order valence-corrected chi connectivity index (χ4v) is 7.27. The predicted molar refractivity (Wildman–Crippen MR) is 89.8 cm³/mol. The molecule has 0 radical (unpaired) electrons. The van der Waals surface area contributed by atoms with Crippen molar-refractivity contribution in [2.75, 3.05) is 13.7 Å². The van der Waals surface area contributed by atoms with Crippen molar-refractivity contribution in [1.82, 2.24) is 4.90 Å². The summed E-state index contributed by atoms with van der Waals surface area (Å²) in [5.74, 6) is 0. The van der Waals surface area contributed by atoms with E-state index in [1.54, 1.807) is 6.92 Å². The number of carbonyl (C=O) groups excluding carboxylic acids is 1. The second-order valence-electron chi connectivity index (χ2n) is 5.28. The van der Waals surface area contributed by atoms with Gasteiger partial charge in [0.05, 0.1) is 18.4 Å². The minimum atomic E-state index is -4.01. The number of rotatable bonds is 4. The first kappa shape index (κ1) is 18.9. The molecule has 0 saturated heterocycles. The van der Waals surface area contributed by atoms with Crippen LogP contribution in [-0.2, 0) is 24.6 Å². The Hall–Kier alpha value is -1.46. The highest BCUT2D eigenvalue weighted by atomic mass is 32.3. The highest BCUT2D eigenvalue weighted by molar-refractivity contribution is 7.96. The van der Waals surface area contributed by atoms with E-state index >= 15 is 0 Å². The number of thiophene rings is 1. The normalized spacial score (nSPS) is 22.5. The van der Waals surface area contributed by atoms with Crippen molar-refractivity contribution >= 4 is 44.0 Å². The SMILES string of the molecule is C=NS(=O)(=O)c1cc2c(s1)S(=O)(=O)[C@@H](C)C[C@@H]2N(CC)C(=O)OC. The highest BCUT2D eigenvalue weighted by Gasteiger charge is 2.42. The van der Waals surface area contributed by atoms with Crippen LogP contribution in [0.2, 0.25) is 0 Å². The quantitative estimate of drug-likeness (QED) is 0.721. The molecule has 0 bridgehead atoms. The van der Waals surface area contributed by atoms with E-state index in [1.807, 2.05) is 0 Å². The number of ether oxygens (including phenoxy) is 1. The first-order valence-corrected chi connectivity index (χ1v) is 10.9. The molecular formula is C13H18N2O6S3. The van der Waals surface area contributed by atoms with E-state index in [1.165, 1.54) is 25.0 Å². The van der Waals surface area contributed by atoms with Crippen molar-refractivity contribution in [1.29, 1.82) is 0 Å². The largest absolute Gasteiger partial charge is 0.453 e. The Balaban J connectivity index is 2.69. The molecule has 8 nitrogen and oxygen atoms in total. The van der Waals surface area contributed by atoms with Crippen molar-refractivity contribution in [3.8, 4) is 0 Å². The lowest BCUT2D eigenvalue weighted by atomic mass is 10.0. The van der Waals surface area contributed by atoms with E-state index in [0.717, 1.165) is 0 Å². The number of sulfone groups is 1. The van der Waals surface area contributed by atoms with Gasteiger partial charge in [-0.25, -0.2) is 13.2 Å². The number of sulfonamides is 1. The fraction of sp³-hybridized carbons (Fsp3) is 0.538. The van der Waals surface area contributed by atoms with Gasteiger partial charge >= 0.3 is 6.09 Å². The number of amides is 1. The van der Waals surface area contributed by atoms with Crippen molar-refractivity contribution in [2.45, 2.75) is 40.0 Å². The van der Waals surface area contributed by atoms with Gasteiger partial charge in [-0.2, -0.15) is 12.8 Å². The molecule has 0 fully saturated rings. The van der Waals surface area contributed by atoms with Crippen LogP contribution in [0.1, 0.15) is 31.9 Å². The molecule has 0 aromatic carbocycles. The minimum Gasteiger partial charge on any atom is -0.453 e. The van der Waals surface area contributed by atoms with Crippen LogP contribution in [0.15, 0.2) is 18.9 Å². The van der Waals surface area contributed by atoms with Crippen LogP contribution in [0.5, 0.6) is 0 Å². The Kier molecular flexibility index (Phi) is 5.07. The molecule has 134 valence electrons. The molecule has 0 aliphatic carbocycles. The molecule has 1 aromatic heterocycles. The molecule has 24 heavy (non-hydrogen) atoms. The number of hydrogen-bond donors (Lipinski definition) is 0. The van der Waals surface area contributed by atoms with Crippen LogP contribution >= 0.6 is 11.3 Å². The van der Waals surface area contributed by atoms with E-state index < -0.39 is 37.2 Å². The standard InChI is InChI=1S/C13H18N2O6S3/c1-5-15(13(16)21-4)10-6-8(2)23(17,18)12-9(10)7-11(22-12)24(19,20)14-3/h7-8,10H,3,5-6H2,1-2,4H3/t8-,10-/m0/s1. The summed E-state index contributed by atoms with van der Waals surface area (Å²) in [4.78, 5) is 13.4. The highest BCUT2D eigenvalue weighted by Crippen LogP contribution is 2.45. The van der Waals surface area contributed by atoms with Crippen LogP contribution in [-0.4, -0.2) is 53.5 Å². The Morgan fingerprint density at radius 1 is 1.54 bits per heavy atom. The molecule has 1 amide bonds. The van der Waals surface area contributed by atoms with Crippen LogP contribution in [0.3, 0.4) is 0 Å². The van der Waals surface area contributed by atoms with Crippen LogP contribution < -0.4 is 0 Å². The summed E-state index contributed by atoms with van der Waals surface area (Å²) >= 11 is 0.640. The third kappa shape index (κ3) is 2.95. The molecule has 0 spiro atoms. The lowest BCUT2D eigenvalue weighted by Crippen LogP contribution is -2.40. The first-order chi connectivity index (χ1) is 11.1. The minimum absolute atomic E-state index is 0.0455. The van der Waals surface area contributed by atoms with E-state index in [0.29, 0.717) is 17.9 Å². The van der Waals surface area contributed by atoms with Gasteiger partial charge in [-0.05, 0) is 26.3 Å². The molecular weight excluding hydrogens is 376 g/mol. The summed E-state index contributed by atoms with van der Waals surface area (Å²) in [6, 6.07) is 0.685. The molecule has 0 N–H and O–H groups in total. The molecule has 0 saturated carbocycles. The Morgan fingerprint density at radius 2 is 2.17 bits per heavy atom. The number of fused-ring (bicyclic) bond motifs is 1. The number of carbonyl (C=O) groups is 1. The van der Waals surface area contributed by atoms with Gasteiger partial charge in [-0.15, -0.1) is 11.3 Å². The van der Waals surface area contributed by atoms with Gasteiger partial charge in [0.1, 0.15) is 8.42 Å². The number of methoxy groups -OCH3 is 1. The molecule has 11 heteroatoms. The average molecular weight is 394 g/mol. The van der Waals surface area contributed by atoms with Crippen molar-refractivity contribution in [2.24, 2.45) is 4.40 Å². The molecule has 2 rings (SSSR count). The summed E-state index contributed by atoms with van der Waals surface area (Å²) in [6.45, 7) is 6.58. The van der Waals surface area contributed by atoms with Crippen molar-refractivity contribution < 1.29 is 26.4 Å². The lowest BCUT2D eigenvalue weighted by Gasteiger charge is -2.34. The van der Waals surface area contributed by atoms with Gasteiger partial charge < -0.3 is 9.64 Å². The van der Waals surface area contributed by atoms with Gasteiger partial charge in [0.2, 0.25) is 0 Å². The van der Waals surface area contributed by atoms with Gasteiger partial charge in [0.15, 0.2) is 9.84 Å². The molecule has 1 aromatic rings. The lowest BCUT2D eigenvalue weighted by molar-refractivity contribution is 0.104. The number of hydrogen-bond acceptors (Lipinski definition) is 7. The predicted octanol–water partition coefficient (Wildman–Crippen LogP) is 1.83. The first-order valence-electron chi connectivity index (χ1n) is 7.05. The van der Waals surface area contributed by atoms with E-state index in [2.05, 4.69) is 11.1 Å². The van der Waals surface area contributed by atoms with Gasteiger partial charge in [-0.1, -0.05) is 0 Å². The zero-order valence-electron chi connectivity index (χ0n) is 13.4. The molecule has 0 unspecified atom stereocenters. The molecule has 2 atom stereocenters. The maximum absolute atomic E-state index is 12.6. The van der Waals surface area contributed by atoms with Gasteiger partial charge in [0.25, 0.3) is 10.0 Å². The van der Waals surface area contributed by atoms with Crippen LogP contribution in [0.25, 0.3) is 0 Å². The number of nitrogens with zero attached hydrogens (tertiary/aromatic N) is 2. The van der Waals surface area contributed by atoms with Gasteiger partial charge in [0, 0.05) is 18.8 Å². The molecule has 1 aliphatic heterocycles. The smallest absolute Gasteiger partial charge is 0.409 e.